The van der Waals surface area contributed by atoms with Crippen molar-refractivity contribution in [2.75, 3.05) is 13.2 Å². The molecule has 1 amide bonds. The molecular formula is C7H9NO4. The third-order valence-corrected chi connectivity index (χ3v) is 1.71. The summed E-state index contributed by atoms with van der Waals surface area (Å²) in [5.41, 5.74) is 0.392. The number of aliphatic hydroxyl groups is 1. The summed E-state index contributed by atoms with van der Waals surface area (Å²) >= 11 is 0. The Labute approximate surface area is 68.7 Å². The first-order valence-electron chi connectivity index (χ1n) is 3.47. The molecule has 0 aromatic carbocycles. The molecule has 0 spiro atoms. The van der Waals surface area contributed by atoms with E-state index in [-0.39, 0.29) is 31.1 Å². The summed E-state index contributed by atoms with van der Waals surface area (Å²) in [4.78, 5) is 21.3. The van der Waals surface area contributed by atoms with Crippen LogP contribution in [0, 0.1) is 0 Å². The lowest BCUT2D eigenvalue weighted by molar-refractivity contribution is -0.133. The van der Waals surface area contributed by atoms with Crippen molar-refractivity contribution < 1.29 is 19.8 Å². The fourth-order valence-corrected chi connectivity index (χ4v) is 1.05. The van der Waals surface area contributed by atoms with Crippen molar-refractivity contribution in [1.29, 1.82) is 0 Å². The second kappa shape index (κ2) is 3.36. The number of carboxylic acids is 1. The molecule has 66 valence electrons. The molecule has 5 heteroatoms. The number of carbonyl (C=O) groups excluding carboxylic acids is 1. The molecule has 0 aliphatic carbocycles. The molecule has 0 aromatic rings. The third-order valence-electron chi connectivity index (χ3n) is 1.71. The van der Waals surface area contributed by atoms with E-state index in [1.54, 1.807) is 0 Å². The van der Waals surface area contributed by atoms with Crippen LogP contribution in [0.25, 0.3) is 0 Å². The van der Waals surface area contributed by atoms with Crippen molar-refractivity contribution in [2.24, 2.45) is 0 Å². The number of hydrogen-bond donors (Lipinski definition) is 3. The molecule has 1 heterocycles. The number of carboxylic acid groups (broad SMARTS) is 1. The van der Waals surface area contributed by atoms with Crippen LogP contribution >= 0.6 is 0 Å². The predicted molar refractivity (Wildman–Crippen MR) is 39.4 cm³/mol. The van der Waals surface area contributed by atoms with Crippen LogP contribution in [0.2, 0.25) is 0 Å². The quantitative estimate of drug-likeness (QED) is 0.491. The van der Waals surface area contributed by atoms with Gasteiger partial charge in [-0.2, -0.15) is 0 Å². The van der Waals surface area contributed by atoms with Gasteiger partial charge in [-0.05, 0) is 5.57 Å². The lowest BCUT2D eigenvalue weighted by atomic mass is 10.0. The van der Waals surface area contributed by atoms with Crippen LogP contribution in [0.15, 0.2) is 11.1 Å². The minimum absolute atomic E-state index is 0.00403. The van der Waals surface area contributed by atoms with E-state index in [1.807, 2.05) is 0 Å². The van der Waals surface area contributed by atoms with E-state index >= 15 is 0 Å². The molecule has 5 nitrogen and oxygen atoms in total. The Balaban J connectivity index is 2.91. The van der Waals surface area contributed by atoms with Crippen LogP contribution in [-0.2, 0) is 9.59 Å². The van der Waals surface area contributed by atoms with Crippen molar-refractivity contribution in [3.63, 3.8) is 0 Å². The number of nitrogens with one attached hydrogen (secondary N) is 1. The Morgan fingerprint density at radius 2 is 2.25 bits per heavy atom. The normalized spacial score (nSPS) is 17.6. The molecule has 0 atom stereocenters. The Kier molecular flexibility index (Phi) is 2.44. The Hall–Kier alpha value is -1.36. The van der Waals surface area contributed by atoms with E-state index in [0.717, 1.165) is 0 Å². The Morgan fingerprint density at radius 1 is 1.58 bits per heavy atom. The summed E-state index contributed by atoms with van der Waals surface area (Å²) in [6.07, 6.45) is -0.0157. The van der Waals surface area contributed by atoms with Gasteiger partial charge in [-0.1, -0.05) is 0 Å². The van der Waals surface area contributed by atoms with Gasteiger partial charge in [-0.25, -0.2) is 4.79 Å². The number of hydrogen-bond acceptors (Lipinski definition) is 3. The minimum atomic E-state index is -1.08. The first-order chi connectivity index (χ1) is 5.65. The monoisotopic (exact) mass is 171 g/mol. The van der Waals surface area contributed by atoms with Crippen LogP contribution in [0.4, 0.5) is 0 Å². The number of rotatable bonds is 2. The standard InChI is InChI=1S/C7H9NO4/c9-3-4-1-6(10)8-2-5(4)7(11)12/h9H,1-3H2,(H,8,10)(H,11,12). The number of amides is 1. The maximum atomic E-state index is 10.8. The van der Waals surface area contributed by atoms with Crippen LogP contribution in [-0.4, -0.2) is 35.2 Å². The molecule has 0 saturated heterocycles. The minimum Gasteiger partial charge on any atom is -0.478 e. The summed E-state index contributed by atoms with van der Waals surface area (Å²) < 4.78 is 0. The average Bonchev–Trinajstić information content (AvgIpc) is 2.03. The van der Waals surface area contributed by atoms with Crippen LogP contribution in [0.5, 0.6) is 0 Å². The van der Waals surface area contributed by atoms with Crippen LogP contribution < -0.4 is 5.32 Å². The van der Waals surface area contributed by atoms with Gasteiger partial charge < -0.3 is 15.5 Å². The van der Waals surface area contributed by atoms with Gasteiger partial charge in [0.15, 0.2) is 0 Å². The molecule has 0 radical (unpaired) electrons. The number of carbonyl (C=O) groups is 2. The molecule has 0 aromatic heterocycles. The maximum Gasteiger partial charge on any atom is 0.333 e. The van der Waals surface area contributed by atoms with Crippen LogP contribution in [0.3, 0.4) is 0 Å². The van der Waals surface area contributed by atoms with E-state index in [0.29, 0.717) is 5.57 Å². The number of aliphatic carboxylic acids is 1. The van der Waals surface area contributed by atoms with E-state index in [9.17, 15) is 9.59 Å². The lowest BCUT2D eigenvalue weighted by Gasteiger charge is -2.16. The summed E-state index contributed by atoms with van der Waals surface area (Å²) in [6, 6.07) is 0. The largest absolute Gasteiger partial charge is 0.478 e. The highest BCUT2D eigenvalue weighted by Crippen LogP contribution is 2.12. The fraction of sp³-hybridized carbons (Fsp3) is 0.429. The summed E-state index contributed by atoms with van der Waals surface area (Å²) in [5, 5.41) is 19.7. The molecule has 3 N–H and O–H groups in total. The first-order valence-corrected chi connectivity index (χ1v) is 3.47. The number of aliphatic hydroxyl groups excluding tert-OH is 1. The van der Waals surface area contributed by atoms with E-state index in [4.69, 9.17) is 10.2 Å². The van der Waals surface area contributed by atoms with E-state index < -0.39 is 5.97 Å². The highest BCUT2D eigenvalue weighted by atomic mass is 16.4. The lowest BCUT2D eigenvalue weighted by Crippen LogP contribution is -2.34. The zero-order chi connectivity index (χ0) is 9.14. The third kappa shape index (κ3) is 1.62. The highest BCUT2D eigenvalue weighted by Gasteiger charge is 2.21. The van der Waals surface area contributed by atoms with Gasteiger partial charge in [0.25, 0.3) is 0 Å². The molecule has 1 aliphatic rings. The highest BCUT2D eigenvalue weighted by molar-refractivity contribution is 5.93. The van der Waals surface area contributed by atoms with Crippen LogP contribution in [0.1, 0.15) is 6.42 Å². The van der Waals surface area contributed by atoms with Gasteiger partial charge in [-0.15, -0.1) is 0 Å². The van der Waals surface area contributed by atoms with E-state index in [1.165, 1.54) is 0 Å². The zero-order valence-corrected chi connectivity index (χ0v) is 6.33. The van der Waals surface area contributed by atoms with Crippen molar-refractivity contribution in [2.45, 2.75) is 6.42 Å². The van der Waals surface area contributed by atoms with Gasteiger partial charge in [0.1, 0.15) is 0 Å². The van der Waals surface area contributed by atoms with Crippen molar-refractivity contribution in [3.8, 4) is 0 Å². The smallest absolute Gasteiger partial charge is 0.333 e. The molecule has 1 rings (SSSR count). The molecule has 1 aliphatic heterocycles. The van der Waals surface area contributed by atoms with Gasteiger partial charge >= 0.3 is 5.97 Å². The Bertz CT molecular complexity index is 256. The van der Waals surface area contributed by atoms with Gasteiger partial charge in [0.05, 0.1) is 18.6 Å². The molecule has 12 heavy (non-hydrogen) atoms. The average molecular weight is 171 g/mol. The molecule has 0 saturated carbocycles. The summed E-state index contributed by atoms with van der Waals surface area (Å²) in [5.74, 6) is -1.33. The topological polar surface area (TPSA) is 86.6 Å². The maximum absolute atomic E-state index is 10.8. The van der Waals surface area contributed by atoms with Crippen molar-refractivity contribution in [1.82, 2.24) is 5.32 Å². The van der Waals surface area contributed by atoms with Crippen molar-refractivity contribution in [3.05, 3.63) is 11.1 Å². The summed E-state index contributed by atoms with van der Waals surface area (Å²) in [7, 11) is 0. The SMILES string of the molecule is O=C1CC(CO)=C(C(=O)O)CN1. The second-order valence-electron chi connectivity index (χ2n) is 2.50. The van der Waals surface area contributed by atoms with Gasteiger partial charge in [0, 0.05) is 6.54 Å². The molecule has 0 fully saturated rings. The van der Waals surface area contributed by atoms with Crippen molar-refractivity contribution >= 4 is 11.9 Å². The second-order valence-corrected chi connectivity index (χ2v) is 2.50. The zero-order valence-electron chi connectivity index (χ0n) is 6.33. The predicted octanol–water partition coefficient (Wildman–Crippen LogP) is -1.12. The first kappa shape index (κ1) is 8.73. The molecule has 0 bridgehead atoms. The molecular weight excluding hydrogens is 162 g/mol. The molecule has 0 unspecified atom stereocenters. The fourth-order valence-electron chi connectivity index (χ4n) is 1.05. The Morgan fingerprint density at radius 3 is 2.75 bits per heavy atom. The van der Waals surface area contributed by atoms with Gasteiger partial charge in [0.2, 0.25) is 5.91 Å². The van der Waals surface area contributed by atoms with E-state index in [2.05, 4.69) is 5.32 Å². The summed E-state index contributed by atoms with van der Waals surface area (Å²) in [6.45, 7) is -0.362. The van der Waals surface area contributed by atoms with Gasteiger partial charge in [-0.3, -0.25) is 4.79 Å².